The molecule has 2 aromatic carbocycles. The second-order valence-corrected chi connectivity index (χ2v) is 8.18. The maximum atomic E-state index is 13.1. The predicted molar refractivity (Wildman–Crippen MR) is 124 cm³/mol. The highest BCUT2D eigenvalue weighted by molar-refractivity contribution is 9.10. The smallest absolute Gasteiger partial charge is 0.261 e. The molecule has 1 unspecified atom stereocenters. The minimum Gasteiger partial charge on any atom is -0.483 e. The SMILES string of the molecule is CCCNC(=O)C(C)N(Cc1ccccc1C)C(=O)COc1ccc(CC)cc1Br. The van der Waals surface area contributed by atoms with Gasteiger partial charge in [0.05, 0.1) is 4.47 Å². The Bertz CT molecular complexity index is 869. The van der Waals surface area contributed by atoms with Gasteiger partial charge in [-0.2, -0.15) is 0 Å². The summed E-state index contributed by atoms with van der Waals surface area (Å²) in [6, 6.07) is 13.1. The molecule has 0 spiro atoms. The maximum absolute atomic E-state index is 13.1. The van der Waals surface area contributed by atoms with E-state index in [0.717, 1.165) is 28.4 Å². The van der Waals surface area contributed by atoms with Gasteiger partial charge in [-0.15, -0.1) is 0 Å². The standard InChI is InChI=1S/C24H31BrN2O3/c1-5-13-26-24(29)18(4)27(15-20-10-8-7-9-17(20)3)23(28)16-30-22-12-11-19(6-2)14-21(22)25/h7-12,14,18H,5-6,13,15-16H2,1-4H3,(H,26,29). The second-order valence-electron chi connectivity index (χ2n) is 7.32. The molecule has 0 aromatic heterocycles. The number of benzene rings is 2. The summed E-state index contributed by atoms with van der Waals surface area (Å²) >= 11 is 3.51. The molecule has 0 fully saturated rings. The van der Waals surface area contributed by atoms with Crippen LogP contribution >= 0.6 is 15.9 Å². The van der Waals surface area contributed by atoms with Crippen LogP contribution in [0.15, 0.2) is 46.9 Å². The van der Waals surface area contributed by atoms with Gasteiger partial charge in [-0.3, -0.25) is 9.59 Å². The fourth-order valence-corrected chi connectivity index (χ4v) is 3.59. The minimum absolute atomic E-state index is 0.138. The largest absolute Gasteiger partial charge is 0.483 e. The molecule has 0 aliphatic carbocycles. The number of amides is 2. The number of halogens is 1. The van der Waals surface area contributed by atoms with E-state index >= 15 is 0 Å². The molecule has 0 bridgehead atoms. The third-order valence-electron chi connectivity index (χ3n) is 5.07. The molecular weight excluding hydrogens is 444 g/mol. The molecule has 2 aromatic rings. The quantitative estimate of drug-likeness (QED) is 0.545. The van der Waals surface area contributed by atoms with Crippen molar-refractivity contribution in [2.75, 3.05) is 13.2 Å². The first-order chi connectivity index (χ1) is 14.4. The van der Waals surface area contributed by atoms with Crippen LogP contribution in [0.25, 0.3) is 0 Å². The van der Waals surface area contributed by atoms with Gasteiger partial charge in [0.2, 0.25) is 5.91 Å². The summed E-state index contributed by atoms with van der Waals surface area (Å²) in [6.45, 7) is 8.64. The predicted octanol–water partition coefficient (Wildman–Crippen LogP) is 4.64. The molecule has 0 saturated carbocycles. The lowest BCUT2D eigenvalue weighted by Gasteiger charge is -2.29. The number of nitrogens with zero attached hydrogens (tertiary/aromatic N) is 1. The summed E-state index contributed by atoms with van der Waals surface area (Å²) in [6.07, 6.45) is 1.77. The first kappa shape index (κ1) is 23.9. The Balaban J connectivity index is 2.16. The van der Waals surface area contributed by atoms with Crippen LogP contribution in [0.1, 0.15) is 43.9 Å². The number of hydrogen-bond acceptors (Lipinski definition) is 3. The third-order valence-corrected chi connectivity index (χ3v) is 5.69. The van der Waals surface area contributed by atoms with Gasteiger partial charge in [-0.1, -0.05) is 44.2 Å². The molecule has 0 aliphatic heterocycles. The van der Waals surface area contributed by atoms with Crippen molar-refractivity contribution in [3.63, 3.8) is 0 Å². The zero-order valence-corrected chi connectivity index (χ0v) is 19.8. The maximum Gasteiger partial charge on any atom is 0.261 e. The summed E-state index contributed by atoms with van der Waals surface area (Å²) < 4.78 is 6.60. The number of nitrogens with one attached hydrogen (secondary N) is 1. The number of carbonyl (C=O) groups is 2. The van der Waals surface area contributed by atoms with Gasteiger partial charge in [0.1, 0.15) is 11.8 Å². The highest BCUT2D eigenvalue weighted by Gasteiger charge is 2.26. The lowest BCUT2D eigenvalue weighted by molar-refractivity contribution is -0.142. The van der Waals surface area contributed by atoms with Crippen LogP contribution in [0.5, 0.6) is 5.75 Å². The Morgan fingerprint density at radius 1 is 1.17 bits per heavy atom. The molecule has 5 nitrogen and oxygen atoms in total. The molecule has 2 amide bonds. The van der Waals surface area contributed by atoms with Gasteiger partial charge in [-0.05, 0) is 71.4 Å². The van der Waals surface area contributed by atoms with E-state index in [0.29, 0.717) is 18.8 Å². The van der Waals surface area contributed by atoms with Gasteiger partial charge in [0.15, 0.2) is 6.61 Å². The van der Waals surface area contributed by atoms with Crippen molar-refractivity contribution >= 4 is 27.7 Å². The summed E-state index contributed by atoms with van der Waals surface area (Å²) in [5.41, 5.74) is 3.27. The third kappa shape index (κ3) is 6.59. The number of ether oxygens (including phenoxy) is 1. The molecule has 0 aliphatic rings. The number of aryl methyl sites for hydroxylation is 2. The zero-order chi connectivity index (χ0) is 22.1. The molecule has 1 atom stereocenters. The van der Waals surface area contributed by atoms with Crippen LogP contribution in [-0.2, 0) is 22.6 Å². The van der Waals surface area contributed by atoms with Crippen molar-refractivity contribution < 1.29 is 14.3 Å². The normalized spacial score (nSPS) is 11.6. The van der Waals surface area contributed by atoms with E-state index < -0.39 is 6.04 Å². The molecule has 30 heavy (non-hydrogen) atoms. The van der Waals surface area contributed by atoms with E-state index in [2.05, 4.69) is 28.2 Å². The Morgan fingerprint density at radius 2 is 1.90 bits per heavy atom. The Hall–Kier alpha value is -2.34. The molecule has 0 heterocycles. The molecule has 1 N–H and O–H groups in total. The van der Waals surface area contributed by atoms with E-state index in [1.54, 1.807) is 11.8 Å². The first-order valence-electron chi connectivity index (χ1n) is 10.4. The van der Waals surface area contributed by atoms with E-state index in [1.165, 1.54) is 5.56 Å². The summed E-state index contributed by atoms with van der Waals surface area (Å²) in [4.78, 5) is 27.2. The van der Waals surface area contributed by atoms with E-state index in [4.69, 9.17) is 4.74 Å². The highest BCUT2D eigenvalue weighted by atomic mass is 79.9. The van der Waals surface area contributed by atoms with Crippen LogP contribution in [0.4, 0.5) is 0 Å². The van der Waals surface area contributed by atoms with Crippen LogP contribution in [0.3, 0.4) is 0 Å². The molecule has 162 valence electrons. The van der Waals surface area contributed by atoms with E-state index in [9.17, 15) is 9.59 Å². The van der Waals surface area contributed by atoms with Crippen LogP contribution in [0, 0.1) is 6.92 Å². The zero-order valence-electron chi connectivity index (χ0n) is 18.2. The Morgan fingerprint density at radius 3 is 2.53 bits per heavy atom. The summed E-state index contributed by atoms with van der Waals surface area (Å²) in [7, 11) is 0. The first-order valence-corrected chi connectivity index (χ1v) is 11.2. The van der Waals surface area contributed by atoms with Gasteiger partial charge in [-0.25, -0.2) is 0 Å². The lowest BCUT2D eigenvalue weighted by atomic mass is 10.1. The Kier molecular flexibility index (Phi) is 9.37. The monoisotopic (exact) mass is 474 g/mol. The van der Waals surface area contributed by atoms with Gasteiger partial charge in [0, 0.05) is 13.1 Å². The van der Waals surface area contributed by atoms with Gasteiger partial charge < -0.3 is 15.0 Å². The van der Waals surface area contributed by atoms with Crippen molar-refractivity contribution in [3.8, 4) is 5.75 Å². The summed E-state index contributed by atoms with van der Waals surface area (Å²) in [5.74, 6) is 0.218. The molecule has 2 rings (SSSR count). The number of hydrogen-bond donors (Lipinski definition) is 1. The topological polar surface area (TPSA) is 58.6 Å². The van der Waals surface area contributed by atoms with Crippen molar-refractivity contribution in [2.45, 2.75) is 53.1 Å². The number of carbonyl (C=O) groups excluding carboxylic acids is 2. The summed E-state index contributed by atoms with van der Waals surface area (Å²) in [5, 5.41) is 2.88. The number of rotatable bonds is 10. The fourth-order valence-electron chi connectivity index (χ4n) is 3.05. The van der Waals surface area contributed by atoms with E-state index in [-0.39, 0.29) is 18.4 Å². The van der Waals surface area contributed by atoms with Crippen molar-refractivity contribution in [3.05, 3.63) is 63.6 Å². The highest BCUT2D eigenvalue weighted by Crippen LogP contribution is 2.26. The second kappa shape index (κ2) is 11.7. The average Bonchev–Trinajstić information content (AvgIpc) is 2.75. The molecule has 0 saturated heterocycles. The minimum atomic E-state index is -0.599. The Labute approximate surface area is 187 Å². The van der Waals surface area contributed by atoms with Crippen LogP contribution in [-0.4, -0.2) is 35.9 Å². The van der Waals surface area contributed by atoms with Crippen LogP contribution in [0.2, 0.25) is 0 Å². The van der Waals surface area contributed by atoms with Gasteiger partial charge >= 0.3 is 0 Å². The van der Waals surface area contributed by atoms with Gasteiger partial charge in [0.25, 0.3) is 5.91 Å². The molecule has 0 radical (unpaired) electrons. The molecule has 6 heteroatoms. The van der Waals surface area contributed by atoms with Crippen LogP contribution < -0.4 is 10.1 Å². The molecular formula is C24H31BrN2O3. The van der Waals surface area contributed by atoms with Crippen molar-refractivity contribution in [1.29, 1.82) is 0 Å². The van der Waals surface area contributed by atoms with Crippen molar-refractivity contribution in [1.82, 2.24) is 10.2 Å². The average molecular weight is 475 g/mol. The van der Waals surface area contributed by atoms with E-state index in [1.807, 2.05) is 56.3 Å². The lowest BCUT2D eigenvalue weighted by Crippen LogP contribution is -2.49. The fraction of sp³-hybridized carbons (Fsp3) is 0.417. The van der Waals surface area contributed by atoms with Crippen molar-refractivity contribution in [2.24, 2.45) is 0 Å².